The van der Waals surface area contributed by atoms with Crippen molar-refractivity contribution in [3.8, 4) is 11.5 Å². The highest BCUT2D eigenvalue weighted by atomic mass is 16.6. The molecule has 0 aromatic heterocycles. The fraction of sp³-hybridized carbons (Fsp3) is 0.444. The molecule has 0 bridgehead atoms. The van der Waals surface area contributed by atoms with Crippen molar-refractivity contribution < 1.29 is 29.6 Å². The summed E-state index contributed by atoms with van der Waals surface area (Å²) < 4.78 is 5.21. The van der Waals surface area contributed by atoms with Crippen LogP contribution in [0.1, 0.15) is 54.9 Å². The summed E-state index contributed by atoms with van der Waals surface area (Å²) in [6.07, 6.45) is 3.76. The molecule has 0 radical (unpaired) electrons. The lowest BCUT2D eigenvalue weighted by atomic mass is 10.0. The highest BCUT2D eigenvalue weighted by Gasteiger charge is 2.24. The summed E-state index contributed by atoms with van der Waals surface area (Å²) in [5, 5.41) is 29.7. The van der Waals surface area contributed by atoms with E-state index in [0.717, 1.165) is 6.07 Å². The Morgan fingerprint density at radius 1 is 1.17 bits per heavy atom. The summed E-state index contributed by atoms with van der Waals surface area (Å²) in [5.41, 5.74) is 0.263. The zero-order valence-electron chi connectivity index (χ0n) is 13.6. The molecule has 0 unspecified atom stereocenters. The van der Waals surface area contributed by atoms with Gasteiger partial charge in [-0.3, -0.25) is 4.79 Å². The number of carbonyl (C=O) groups is 2. The molecule has 0 fully saturated rings. The lowest BCUT2D eigenvalue weighted by Gasteiger charge is -2.20. The molecule has 6 nitrogen and oxygen atoms in total. The molecule has 0 saturated heterocycles. The van der Waals surface area contributed by atoms with E-state index in [9.17, 15) is 24.9 Å². The summed E-state index contributed by atoms with van der Waals surface area (Å²) in [5.74, 6) is -1.28. The molecule has 0 saturated carbocycles. The molecule has 130 valence electrons. The molecule has 6 heteroatoms. The quantitative estimate of drug-likeness (QED) is 0.630. The molecular formula is C18H22O6. The average molecular weight is 334 g/mol. The zero-order chi connectivity index (χ0) is 17.7. The summed E-state index contributed by atoms with van der Waals surface area (Å²) in [6.45, 7) is 1.53. The van der Waals surface area contributed by atoms with Gasteiger partial charge in [0.2, 0.25) is 0 Å². The maximum Gasteiger partial charge on any atom is 0.342 e. The lowest BCUT2D eigenvalue weighted by molar-refractivity contribution is -0.120. The second-order valence-electron chi connectivity index (χ2n) is 5.98. The first-order chi connectivity index (χ1) is 11.4. The number of hydrogen-bond donors (Lipinski definition) is 3. The number of ether oxygens (including phenoxy) is 1. The third-order valence-corrected chi connectivity index (χ3v) is 4.01. The minimum Gasteiger partial charge on any atom is -0.508 e. The van der Waals surface area contributed by atoms with Crippen LogP contribution in [0.25, 0.3) is 6.08 Å². The number of esters is 1. The molecule has 1 aliphatic heterocycles. The van der Waals surface area contributed by atoms with Crippen molar-refractivity contribution in [1.29, 1.82) is 0 Å². The van der Waals surface area contributed by atoms with Crippen LogP contribution in [0.4, 0.5) is 0 Å². The fourth-order valence-corrected chi connectivity index (χ4v) is 2.59. The number of carbonyl (C=O) groups excluding carboxylic acids is 2. The molecule has 0 amide bonds. The minimum absolute atomic E-state index is 0.0590. The summed E-state index contributed by atoms with van der Waals surface area (Å²) in [7, 11) is 0. The SMILES string of the molecule is C[C@@H]1OC(=O)c2c(O)cc(O)cc2C=CCCCC(=O)CC[C@@H]1O. The monoisotopic (exact) mass is 334 g/mol. The van der Waals surface area contributed by atoms with Gasteiger partial charge in [-0.2, -0.15) is 0 Å². The first kappa shape index (κ1) is 18.0. The Morgan fingerprint density at radius 3 is 2.67 bits per heavy atom. The highest BCUT2D eigenvalue weighted by molar-refractivity contribution is 5.97. The summed E-state index contributed by atoms with van der Waals surface area (Å²) in [4.78, 5) is 24.1. The number of allylic oxidation sites excluding steroid dienone is 1. The van der Waals surface area contributed by atoms with Crippen LogP contribution in [0.3, 0.4) is 0 Å². The van der Waals surface area contributed by atoms with Gasteiger partial charge in [-0.25, -0.2) is 4.79 Å². The number of ketones is 1. The number of aromatic hydroxyl groups is 2. The van der Waals surface area contributed by atoms with Gasteiger partial charge in [0.25, 0.3) is 0 Å². The van der Waals surface area contributed by atoms with Gasteiger partial charge in [-0.05, 0) is 37.8 Å². The van der Waals surface area contributed by atoms with Gasteiger partial charge < -0.3 is 20.1 Å². The van der Waals surface area contributed by atoms with Gasteiger partial charge in [0, 0.05) is 18.9 Å². The fourth-order valence-electron chi connectivity index (χ4n) is 2.59. The van der Waals surface area contributed by atoms with E-state index in [1.165, 1.54) is 13.0 Å². The number of Topliss-reactive ketones (excluding diaryl/α,β-unsaturated/α-hetero) is 1. The third kappa shape index (κ3) is 4.58. The molecule has 3 N–H and O–H groups in total. The number of fused-ring (bicyclic) bond motifs is 1. The van der Waals surface area contributed by atoms with Gasteiger partial charge in [0.05, 0.1) is 6.10 Å². The maximum atomic E-state index is 12.4. The number of aliphatic hydroxyl groups excluding tert-OH is 1. The number of hydrogen-bond acceptors (Lipinski definition) is 6. The predicted octanol–water partition coefficient (Wildman–Crippen LogP) is 2.55. The van der Waals surface area contributed by atoms with Gasteiger partial charge in [0.15, 0.2) is 0 Å². The Balaban J connectivity index is 2.36. The van der Waals surface area contributed by atoms with Crippen LogP contribution in [-0.4, -0.2) is 39.3 Å². The van der Waals surface area contributed by atoms with Crippen molar-refractivity contribution in [2.24, 2.45) is 0 Å². The largest absolute Gasteiger partial charge is 0.508 e. The third-order valence-electron chi connectivity index (χ3n) is 4.01. The van der Waals surface area contributed by atoms with Crippen LogP contribution in [0.5, 0.6) is 11.5 Å². The van der Waals surface area contributed by atoms with Crippen LogP contribution >= 0.6 is 0 Å². The number of phenols is 2. The van der Waals surface area contributed by atoms with Crippen molar-refractivity contribution in [2.75, 3.05) is 0 Å². The Bertz CT molecular complexity index is 649. The lowest BCUT2D eigenvalue weighted by Crippen LogP contribution is -2.29. The van der Waals surface area contributed by atoms with Crippen molar-refractivity contribution in [2.45, 2.75) is 51.2 Å². The molecule has 24 heavy (non-hydrogen) atoms. The van der Waals surface area contributed by atoms with Gasteiger partial charge in [-0.15, -0.1) is 0 Å². The molecule has 0 aliphatic carbocycles. The normalized spacial score (nSPS) is 23.2. The smallest absolute Gasteiger partial charge is 0.342 e. The minimum atomic E-state index is -0.959. The molecule has 1 aromatic carbocycles. The Hall–Kier alpha value is -2.34. The maximum absolute atomic E-state index is 12.4. The molecule has 1 aromatic rings. The van der Waals surface area contributed by atoms with Gasteiger partial charge in [0.1, 0.15) is 28.9 Å². The van der Waals surface area contributed by atoms with Crippen LogP contribution in [0.2, 0.25) is 0 Å². The molecule has 0 spiro atoms. The number of aliphatic hydroxyl groups is 1. The Kier molecular flexibility index (Phi) is 5.98. The van der Waals surface area contributed by atoms with Gasteiger partial charge in [-0.1, -0.05) is 12.2 Å². The number of phenolic OH excluding ortho intramolecular Hbond substituents is 2. The highest BCUT2D eigenvalue weighted by Crippen LogP contribution is 2.30. The Morgan fingerprint density at radius 2 is 1.92 bits per heavy atom. The van der Waals surface area contributed by atoms with Crippen LogP contribution in [-0.2, 0) is 9.53 Å². The van der Waals surface area contributed by atoms with E-state index in [-0.39, 0.29) is 35.7 Å². The van der Waals surface area contributed by atoms with E-state index in [1.54, 1.807) is 12.2 Å². The first-order valence-corrected chi connectivity index (χ1v) is 8.01. The van der Waals surface area contributed by atoms with Crippen molar-refractivity contribution in [3.05, 3.63) is 29.3 Å². The summed E-state index contributed by atoms with van der Waals surface area (Å²) in [6, 6.07) is 2.42. The molecule has 1 aliphatic rings. The topological polar surface area (TPSA) is 104 Å². The van der Waals surface area contributed by atoms with Crippen LogP contribution in [0, 0.1) is 0 Å². The molecular weight excluding hydrogens is 312 g/mol. The molecule has 2 rings (SSSR count). The summed E-state index contributed by atoms with van der Waals surface area (Å²) >= 11 is 0. The van der Waals surface area contributed by atoms with E-state index in [2.05, 4.69) is 0 Å². The van der Waals surface area contributed by atoms with E-state index in [1.807, 2.05) is 0 Å². The second-order valence-corrected chi connectivity index (χ2v) is 5.98. The van der Waals surface area contributed by atoms with Crippen molar-refractivity contribution in [1.82, 2.24) is 0 Å². The van der Waals surface area contributed by atoms with E-state index in [4.69, 9.17) is 4.74 Å². The average Bonchev–Trinajstić information content (AvgIpc) is 2.50. The Labute approximate surface area is 140 Å². The second kappa shape index (κ2) is 7.97. The zero-order valence-corrected chi connectivity index (χ0v) is 13.6. The van der Waals surface area contributed by atoms with Gasteiger partial charge >= 0.3 is 5.97 Å². The number of benzene rings is 1. The van der Waals surface area contributed by atoms with Crippen molar-refractivity contribution >= 4 is 17.8 Å². The van der Waals surface area contributed by atoms with E-state index in [0.29, 0.717) is 24.8 Å². The van der Waals surface area contributed by atoms with Crippen molar-refractivity contribution in [3.63, 3.8) is 0 Å². The van der Waals surface area contributed by atoms with Crippen LogP contribution < -0.4 is 0 Å². The standard InChI is InChI=1S/C18H22O6/c1-11-15(21)8-7-13(19)6-4-2-3-5-12-9-14(20)10-16(22)17(12)18(23)24-11/h3,5,9-11,15,20-22H,2,4,6-8H2,1H3/t11-,15-/m0/s1. The first-order valence-electron chi connectivity index (χ1n) is 8.01. The number of rotatable bonds is 0. The van der Waals surface area contributed by atoms with E-state index >= 15 is 0 Å². The molecule has 2 atom stereocenters. The predicted molar refractivity (Wildman–Crippen MR) is 87.8 cm³/mol. The molecule has 1 heterocycles. The number of cyclic esters (lactones) is 1. The van der Waals surface area contributed by atoms with Crippen LogP contribution in [0.15, 0.2) is 18.2 Å². The van der Waals surface area contributed by atoms with E-state index < -0.39 is 18.2 Å².